The molecule has 1 aliphatic rings. The number of rotatable bonds is 3. The average Bonchev–Trinajstić information content (AvgIpc) is 2.58. The maximum atomic E-state index is 13.5. The number of hydrogen-bond acceptors (Lipinski definition) is 4. The summed E-state index contributed by atoms with van der Waals surface area (Å²) in [5.74, 6) is -3.09. The van der Waals surface area contributed by atoms with E-state index in [9.17, 15) is 22.8 Å². The number of hydrogen-bond donors (Lipinski definition) is 1. The smallest absolute Gasteiger partial charge is 0.328 e. The molecule has 2 heterocycles. The zero-order chi connectivity index (χ0) is 19.8. The van der Waals surface area contributed by atoms with Crippen LogP contribution in [0.15, 0.2) is 30.6 Å². The van der Waals surface area contributed by atoms with Crippen LogP contribution in [0.1, 0.15) is 27.4 Å². The Morgan fingerprint density at radius 2 is 2.00 bits per heavy atom. The summed E-state index contributed by atoms with van der Waals surface area (Å²) in [4.78, 5) is 33.4. The highest BCUT2D eigenvalue weighted by molar-refractivity contribution is 14.1. The van der Waals surface area contributed by atoms with Crippen molar-refractivity contribution in [2.45, 2.75) is 19.0 Å². The number of halogens is 4. The molecule has 1 N–H and O–H groups in total. The standard InChI is InChI=1S/C17H14F3IN4O2/c1-9-5-22-16(23-6-9)24-14(26)8-25-7-13(17(18,19)20)12-4-10(21)2-3-11(12)15(25)27/h2-6,13H,7-8H2,1H3,(H,22,23,24,26). The molecule has 0 fully saturated rings. The van der Waals surface area contributed by atoms with E-state index < -0.39 is 37.0 Å². The Hall–Kier alpha value is -2.24. The van der Waals surface area contributed by atoms with Gasteiger partial charge in [-0.1, -0.05) is 0 Å². The van der Waals surface area contributed by atoms with E-state index in [1.165, 1.54) is 24.5 Å². The van der Waals surface area contributed by atoms with Crippen LogP contribution in [0.3, 0.4) is 0 Å². The van der Waals surface area contributed by atoms with E-state index in [2.05, 4.69) is 15.3 Å². The fourth-order valence-corrected chi connectivity index (χ4v) is 3.31. The molecular weight excluding hydrogens is 476 g/mol. The summed E-state index contributed by atoms with van der Waals surface area (Å²) in [6.45, 7) is 0.638. The summed E-state index contributed by atoms with van der Waals surface area (Å²) >= 11 is 1.90. The maximum Gasteiger partial charge on any atom is 0.397 e. The van der Waals surface area contributed by atoms with Crippen molar-refractivity contribution >= 4 is 40.4 Å². The van der Waals surface area contributed by atoms with E-state index in [1.54, 1.807) is 13.0 Å². The molecule has 10 heteroatoms. The van der Waals surface area contributed by atoms with Crippen molar-refractivity contribution in [2.24, 2.45) is 0 Å². The van der Waals surface area contributed by atoms with Crippen LogP contribution in [-0.4, -0.2) is 45.9 Å². The lowest BCUT2D eigenvalue weighted by Crippen LogP contribution is -2.47. The second kappa shape index (κ2) is 7.41. The number of carbonyl (C=O) groups excluding carboxylic acids is 2. The number of benzene rings is 1. The number of fused-ring (bicyclic) bond motifs is 1. The quantitative estimate of drug-likeness (QED) is 0.672. The highest BCUT2D eigenvalue weighted by Gasteiger charge is 2.47. The first kappa shape index (κ1) is 19.5. The van der Waals surface area contributed by atoms with Gasteiger partial charge in [0.1, 0.15) is 6.54 Å². The van der Waals surface area contributed by atoms with Gasteiger partial charge in [0.25, 0.3) is 5.91 Å². The van der Waals surface area contributed by atoms with Crippen LogP contribution in [0, 0.1) is 10.5 Å². The molecule has 0 saturated heterocycles. The van der Waals surface area contributed by atoms with Crippen molar-refractivity contribution in [3.05, 3.63) is 50.9 Å². The summed E-state index contributed by atoms with van der Waals surface area (Å²) in [6, 6.07) is 4.29. The van der Waals surface area contributed by atoms with Gasteiger partial charge >= 0.3 is 6.18 Å². The van der Waals surface area contributed by atoms with E-state index in [4.69, 9.17) is 0 Å². The van der Waals surface area contributed by atoms with Crippen LogP contribution < -0.4 is 5.32 Å². The first-order chi connectivity index (χ1) is 12.6. The third kappa shape index (κ3) is 4.37. The molecule has 2 amide bonds. The molecule has 1 aliphatic heterocycles. The minimum atomic E-state index is -4.53. The molecule has 3 rings (SSSR count). The second-order valence-electron chi connectivity index (χ2n) is 6.14. The molecule has 0 radical (unpaired) electrons. The van der Waals surface area contributed by atoms with Crippen molar-refractivity contribution in [1.82, 2.24) is 14.9 Å². The number of nitrogens with zero attached hydrogens (tertiary/aromatic N) is 3. The van der Waals surface area contributed by atoms with Gasteiger partial charge in [0, 0.05) is 28.1 Å². The Morgan fingerprint density at radius 1 is 1.33 bits per heavy atom. The molecule has 1 aromatic carbocycles. The van der Waals surface area contributed by atoms with Crippen LogP contribution in [0.25, 0.3) is 0 Å². The first-order valence-electron chi connectivity index (χ1n) is 7.89. The minimum absolute atomic E-state index is 0.0254. The van der Waals surface area contributed by atoms with Gasteiger partial charge < -0.3 is 4.90 Å². The van der Waals surface area contributed by atoms with Crippen molar-refractivity contribution in [2.75, 3.05) is 18.4 Å². The molecule has 0 aliphatic carbocycles. The molecular formula is C17H14F3IN4O2. The topological polar surface area (TPSA) is 75.2 Å². The largest absolute Gasteiger partial charge is 0.397 e. The molecule has 0 bridgehead atoms. The predicted octanol–water partition coefficient (Wildman–Crippen LogP) is 3.13. The SMILES string of the molecule is Cc1cnc(NC(=O)CN2CC(C(F)(F)F)c3cc(I)ccc3C2=O)nc1. The Balaban J connectivity index is 1.81. The van der Waals surface area contributed by atoms with Crippen molar-refractivity contribution in [1.29, 1.82) is 0 Å². The highest BCUT2D eigenvalue weighted by Crippen LogP contribution is 2.40. The third-order valence-corrected chi connectivity index (χ3v) is 4.74. The number of nitrogens with one attached hydrogen (secondary N) is 1. The van der Waals surface area contributed by atoms with Gasteiger partial charge in [-0.25, -0.2) is 9.97 Å². The van der Waals surface area contributed by atoms with Gasteiger partial charge in [-0.05, 0) is 58.8 Å². The van der Waals surface area contributed by atoms with Crippen molar-refractivity contribution in [3.8, 4) is 0 Å². The summed E-state index contributed by atoms with van der Waals surface area (Å²) in [5, 5.41) is 2.39. The van der Waals surface area contributed by atoms with Gasteiger partial charge in [0.05, 0.1) is 5.92 Å². The van der Waals surface area contributed by atoms with Crippen LogP contribution in [0.2, 0.25) is 0 Å². The van der Waals surface area contributed by atoms with Gasteiger partial charge in [0.2, 0.25) is 11.9 Å². The van der Waals surface area contributed by atoms with Crippen molar-refractivity contribution < 1.29 is 22.8 Å². The van der Waals surface area contributed by atoms with Crippen LogP contribution >= 0.6 is 22.6 Å². The molecule has 2 aromatic rings. The summed E-state index contributed by atoms with van der Waals surface area (Å²) in [6.07, 6.45) is -1.55. The van der Waals surface area contributed by atoms with Gasteiger partial charge in [-0.2, -0.15) is 13.2 Å². The zero-order valence-corrected chi connectivity index (χ0v) is 16.2. The Kier molecular flexibility index (Phi) is 5.36. The molecule has 6 nitrogen and oxygen atoms in total. The molecule has 27 heavy (non-hydrogen) atoms. The van der Waals surface area contributed by atoms with E-state index in [0.29, 0.717) is 3.57 Å². The molecule has 1 atom stereocenters. The summed E-state index contributed by atoms with van der Waals surface area (Å²) in [7, 11) is 0. The van der Waals surface area contributed by atoms with Crippen LogP contribution in [0.4, 0.5) is 19.1 Å². The summed E-state index contributed by atoms with van der Waals surface area (Å²) in [5.41, 5.74) is 0.694. The van der Waals surface area contributed by atoms with Crippen LogP contribution in [-0.2, 0) is 4.79 Å². The highest BCUT2D eigenvalue weighted by atomic mass is 127. The van der Waals surface area contributed by atoms with E-state index >= 15 is 0 Å². The first-order valence-corrected chi connectivity index (χ1v) is 8.97. The number of amides is 2. The lowest BCUT2D eigenvalue weighted by atomic mass is 9.88. The Bertz CT molecular complexity index is 887. The Morgan fingerprint density at radius 3 is 2.63 bits per heavy atom. The minimum Gasteiger partial charge on any atom is -0.328 e. The number of aromatic nitrogens is 2. The summed E-state index contributed by atoms with van der Waals surface area (Å²) < 4.78 is 41.1. The molecule has 0 spiro atoms. The number of aryl methyl sites for hydroxylation is 1. The molecule has 1 unspecified atom stereocenters. The molecule has 1 aromatic heterocycles. The normalized spacial score (nSPS) is 16.9. The monoisotopic (exact) mass is 490 g/mol. The fourth-order valence-electron chi connectivity index (χ4n) is 2.80. The molecule has 0 saturated carbocycles. The number of alkyl halides is 3. The number of carbonyl (C=O) groups is 2. The van der Waals surface area contributed by atoms with Gasteiger partial charge in [0.15, 0.2) is 0 Å². The Labute approximate surface area is 166 Å². The van der Waals surface area contributed by atoms with E-state index in [1.807, 2.05) is 22.6 Å². The number of anilines is 1. The second-order valence-corrected chi connectivity index (χ2v) is 7.39. The maximum absolute atomic E-state index is 13.5. The van der Waals surface area contributed by atoms with Gasteiger partial charge in [-0.15, -0.1) is 0 Å². The predicted molar refractivity (Wildman–Crippen MR) is 99.3 cm³/mol. The lowest BCUT2D eigenvalue weighted by Gasteiger charge is -2.35. The molecule has 142 valence electrons. The third-order valence-electron chi connectivity index (χ3n) is 4.07. The average molecular weight is 490 g/mol. The van der Waals surface area contributed by atoms with Gasteiger partial charge in [-0.3, -0.25) is 14.9 Å². The zero-order valence-electron chi connectivity index (χ0n) is 14.0. The fraction of sp³-hybridized carbons (Fsp3) is 0.294. The van der Waals surface area contributed by atoms with E-state index in [-0.39, 0.29) is 17.1 Å². The van der Waals surface area contributed by atoms with Crippen LogP contribution in [0.5, 0.6) is 0 Å². The van der Waals surface area contributed by atoms with Crippen molar-refractivity contribution in [3.63, 3.8) is 0 Å². The van der Waals surface area contributed by atoms with E-state index in [0.717, 1.165) is 10.5 Å². The lowest BCUT2D eigenvalue weighted by molar-refractivity contribution is -0.155.